The number of methoxy groups -OCH3 is 1. The molecule has 0 fully saturated rings. The molecule has 1 atom stereocenters. The number of nitrogens with one attached hydrogen (secondary N) is 1. The lowest BCUT2D eigenvalue weighted by molar-refractivity contribution is 0.406. The van der Waals surface area contributed by atoms with Crippen molar-refractivity contribution in [3.05, 3.63) is 63.9 Å². The second kappa shape index (κ2) is 6.86. The van der Waals surface area contributed by atoms with E-state index in [4.69, 9.17) is 4.74 Å². The number of rotatable bonds is 5. The summed E-state index contributed by atoms with van der Waals surface area (Å²) in [6.07, 6.45) is 0. The minimum Gasteiger partial charge on any atom is -0.496 e. The third kappa shape index (κ3) is 3.58. The summed E-state index contributed by atoms with van der Waals surface area (Å²) in [5, 5.41) is 3.41. The summed E-state index contributed by atoms with van der Waals surface area (Å²) in [5.74, 6) is 0.623. The Morgan fingerprint density at radius 1 is 1.25 bits per heavy atom. The number of hydrogen-bond acceptors (Lipinski definition) is 2. The van der Waals surface area contributed by atoms with Gasteiger partial charge in [0.1, 0.15) is 11.6 Å². The molecule has 2 aromatic rings. The van der Waals surface area contributed by atoms with Gasteiger partial charge in [0, 0.05) is 18.2 Å². The highest BCUT2D eigenvalue weighted by molar-refractivity contribution is 9.10. The van der Waals surface area contributed by atoms with E-state index in [9.17, 15) is 4.39 Å². The van der Waals surface area contributed by atoms with Gasteiger partial charge in [-0.15, -0.1) is 0 Å². The molecule has 2 nitrogen and oxygen atoms in total. The van der Waals surface area contributed by atoms with Crippen LogP contribution in [0.4, 0.5) is 4.39 Å². The minimum absolute atomic E-state index is 0.122. The molecular formula is C16H17BrFNO. The molecule has 0 aromatic heterocycles. The minimum atomic E-state index is -0.245. The van der Waals surface area contributed by atoms with Gasteiger partial charge in [-0.3, -0.25) is 0 Å². The molecular weight excluding hydrogens is 321 g/mol. The Morgan fingerprint density at radius 2 is 2.00 bits per heavy atom. The van der Waals surface area contributed by atoms with Crippen molar-refractivity contribution in [2.45, 2.75) is 19.5 Å². The Balaban J connectivity index is 2.04. The predicted molar refractivity (Wildman–Crippen MR) is 82.3 cm³/mol. The van der Waals surface area contributed by atoms with Crippen molar-refractivity contribution >= 4 is 15.9 Å². The van der Waals surface area contributed by atoms with Crippen LogP contribution in [-0.2, 0) is 6.54 Å². The Bertz CT molecular complexity index is 588. The van der Waals surface area contributed by atoms with Gasteiger partial charge in [0.15, 0.2) is 0 Å². The third-order valence-corrected chi connectivity index (χ3v) is 3.84. The van der Waals surface area contributed by atoms with Crippen LogP contribution < -0.4 is 10.1 Å². The van der Waals surface area contributed by atoms with Crippen molar-refractivity contribution < 1.29 is 9.13 Å². The van der Waals surface area contributed by atoms with Crippen LogP contribution in [0.2, 0.25) is 0 Å². The molecule has 0 amide bonds. The molecule has 106 valence electrons. The molecule has 2 aromatic carbocycles. The van der Waals surface area contributed by atoms with Crippen LogP contribution >= 0.6 is 15.9 Å². The second-order valence-corrected chi connectivity index (χ2v) is 5.44. The van der Waals surface area contributed by atoms with Crippen molar-refractivity contribution in [3.8, 4) is 5.75 Å². The predicted octanol–water partition coefficient (Wildman–Crippen LogP) is 4.45. The molecule has 1 unspecified atom stereocenters. The number of para-hydroxylation sites is 1. The summed E-state index contributed by atoms with van der Waals surface area (Å²) in [4.78, 5) is 0. The lowest BCUT2D eigenvalue weighted by atomic mass is 10.1. The standard InChI is InChI=1S/C16H17BrFNO/c1-11(12-7-8-15(18)14(17)9-12)19-10-13-5-3-4-6-16(13)20-2/h3-9,11,19H,10H2,1-2H3. The van der Waals surface area contributed by atoms with E-state index in [1.165, 1.54) is 6.07 Å². The van der Waals surface area contributed by atoms with Crippen molar-refractivity contribution in [3.63, 3.8) is 0 Å². The van der Waals surface area contributed by atoms with E-state index < -0.39 is 0 Å². The normalized spacial score (nSPS) is 12.2. The van der Waals surface area contributed by atoms with Gasteiger partial charge in [-0.25, -0.2) is 4.39 Å². The third-order valence-electron chi connectivity index (χ3n) is 3.23. The van der Waals surface area contributed by atoms with E-state index >= 15 is 0 Å². The Morgan fingerprint density at radius 3 is 2.70 bits per heavy atom. The van der Waals surface area contributed by atoms with E-state index in [1.807, 2.05) is 24.3 Å². The van der Waals surface area contributed by atoms with E-state index in [2.05, 4.69) is 28.2 Å². The van der Waals surface area contributed by atoms with E-state index in [0.29, 0.717) is 11.0 Å². The zero-order valence-electron chi connectivity index (χ0n) is 11.5. The van der Waals surface area contributed by atoms with Gasteiger partial charge in [-0.05, 0) is 46.6 Å². The van der Waals surface area contributed by atoms with Crippen LogP contribution in [-0.4, -0.2) is 7.11 Å². The number of ether oxygens (including phenoxy) is 1. The number of halogens is 2. The van der Waals surface area contributed by atoms with Crippen molar-refractivity contribution in [2.24, 2.45) is 0 Å². The molecule has 4 heteroatoms. The van der Waals surface area contributed by atoms with Crippen molar-refractivity contribution in [2.75, 3.05) is 7.11 Å². The molecule has 0 saturated carbocycles. The van der Waals surface area contributed by atoms with Crippen LogP contribution in [0.1, 0.15) is 24.1 Å². The maximum atomic E-state index is 13.2. The van der Waals surface area contributed by atoms with Gasteiger partial charge in [-0.2, -0.15) is 0 Å². The fourth-order valence-corrected chi connectivity index (χ4v) is 2.41. The van der Waals surface area contributed by atoms with Gasteiger partial charge >= 0.3 is 0 Å². The van der Waals surface area contributed by atoms with Crippen molar-refractivity contribution in [1.29, 1.82) is 0 Å². The fourth-order valence-electron chi connectivity index (χ4n) is 2.01. The monoisotopic (exact) mass is 337 g/mol. The van der Waals surface area contributed by atoms with Crippen molar-refractivity contribution in [1.82, 2.24) is 5.32 Å². The number of hydrogen-bond donors (Lipinski definition) is 1. The molecule has 0 bridgehead atoms. The second-order valence-electron chi connectivity index (χ2n) is 4.59. The first-order valence-corrected chi connectivity index (χ1v) is 7.21. The highest BCUT2D eigenvalue weighted by atomic mass is 79.9. The van der Waals surface area contributed by atoms with Crippen LogP contribution in [0.15, 0.2) is 46.9 Å². The van der Waals surface area contributed by atoms with Crippen LogP contribution in [0.5, 0.6) is 5.75 Å². The molecule has 0 aliphatic carbocycles. The van der Waals surface area contributed by atoms with E-state index in [-0.39, 0.29) is 11.9 Å². The number of benzene rings is 2. The largest absolute Gasteiger partial charge is 0.496 e. The maximum absolute atomic E-state index is 13.2. The van der Waals surface area contributed by atoms with Gasteiger partial charge in [0.2, 0.25) is 0 Å². The average Bonchev–Trinajstić information content (AvgIpc) is 2.47. The highest BCUT2D eigenvalue weighted by Crippen LogP contribution is 2.22. The summed E-state index contributed by atoms with van der Waals surface area (Å²) in [7, 11) is 1.67. The quantitative estimate of drug-likeness (QED) is 0.870. The fraction of sp³-hybridized carbons (Fsp3) is 0.250. The SMILES string of the molecule is COc1ccccc1CNC(C)c1ccc(F)c(Br)c1. The zero-order chi connectivity index (χ0) is 14.5. The topological polar surface area (TPSA) is 21.3 Å². The Kier molecular flexibility index (Phi) is 5.15. The summed E-state index contributed by atoms with van der Waals surface area (Å²) in [6.45, 7) is 2.75. The lowest BCUT2D eigenvalue weighted by Gasteiger charge is -2.16. The average molecular weight is 338 g/mol. The first-order valence-electron chi connectivity index (χ1n) is 6.42. The molecule has 20 heavy (non-hydrogen) atoms. The van der Waals surface area contributed by atoms with Crippen LogP contribution in [0.3, 0.4) is 0 Å². The highest BCUT2D eigenvalue weighted by Gasteiger charge is 2.09. The van der Waals surface area contributed by atoms with E-state index in [0.717, 1.165) is 16.9 Å². The molecule has 2 rings (SSSR count). The molecule has 0 heterocycles. The smallest absolute Gasteiger partial charge is 0.137 e. The van der Waals surface area contributed by atoms with Crippen LogP contribution in [0.25, 0.3) is 0 Å². The Labute approximate surface area is 127 Å². The first kappa shape index (κ1) is 15.0. The van der Waals surface area contributed by atoms with E-state index in [1.54, 1.807) is 19.2 Å². The molecule has 1 N–H and O–H groups in total. The van der Waals surface area contributed by atoms with Gasteiger partial charge < -0.3 is 10.1 Å². The zero-order valence-corrected chi connectivity index (χ0v) is 13.1. The molecule has 0 aliphatic heterocycles. The summed E-state index contributed by atoms with van der Waals surface area (Å²) in [5.41, 5.74) is 2.14. The molecule has 0 saturated heterocycles. The van der Waals surface area contributed by atoms with Gasteiger partial charge in [-0.1, -0.05) is 24.3 Å². The van der Waals surface area contributed by atoms with Gasteiger partial charge in [0.25, 0.3) is 0 Å². The maximum Gasteiger partial charge on any atom is 0.137 e. The lowest BCUT2D eigenvalue weighted by Crippen LogP contribution is -2.18. The van der Waals surface area contributed by atoms with Crippen LogP contribution in [0, 0.1) is 5.82 Å². The summed E-state index contributed by atoms with van der Waals surface area (Å²) >= 11 is 3.21. The van der Waals surface area contributed by atoms with Gasteiger partial charge in [0.05, 0.1) is 11.6 Å². The molecule has 0 spiro atoms. The molecule has 0 aliphatic rings. The molecule has 0 radical (unpaired) electrons. The Hall–Kier alpha value is -1.39. The summed E-state index contributed by atoms with van der Waals surface area (Å²) in [6, 6.07) is 13.1. The summed E-state index contributed by atoms with van der Waals surface area (Å²) < 4.78 is 19.0. The first-order chi connectivity index (χ1) is 9.61.